The maximum absolute atomic E-state index is 13.7. The minimum absolute atomic E-state index is 0.00969. The standard InChI is InChI=1S/C30H33N7O5/c1-5-40-25-14-20(15-26(41-6-2)27(25)21-17-31-35(3)18-21)29(39)37-11-9-30(10-12-37)16-23(38)22-13-19(7-8-24(22)42-30)28-32-34-36(4)33-28/h7-8,13-15,17-18H,5-6,9-12,16H2,1-4H3. The highest BCUT2D eigenvalue weighted by Gasteiger charge is 2.44. The molecule has 2 aromatic carbocycles. The van der Waals surface area contributed by atoms with Gasteiger partial charge in [-0.15, -0.1) is 10.2 Å². The van der Waals surface area contributed by atoms with E-state index in [9.17, 15) is 9.59 Å². The topological polar surface area (TPSA) is 126 Å². The van der Waals surface area contributed by atoms with Crippen molar-refractivity contribution in [3.8, 4) is 39.8 Å². The lowest BCUT2D eigenvalue weighted by atomic mass is 9.82. The van der Waals surface area contributed by atoms with E-state index >= 15 is 0 Å². The summed E-state index contributed by atoms with van der Waals surface area (Å²) in [5.74, 6) is 2.04. The van der Waals surface area contributed by atoms with Gasteiger partial charge in [0.2, 0.25) is 5.82 Å². The number of piperidine rings is 1. The molecule has 1 amide bonds. The Morgan fingerprint density at radius 1 is 1.02 bits per heavy atom. The van der Waals surface area contributed by atoms with E-state index in [1.807, 2.05) is 38.1 Å². The Hall–Kier alpha value is -4.74. The quantitative estimate of drug-likeness (QED) is 0.326. The summed E-state index contributed by atoms with van der Waals surface area (Å²) in [7, 11) is 3.54. The maximum Gasteiger partial charge on any atom is 0.254 e. The summed E-state index contributed by atoms with van der Waals surface area (Å²) in [6.07, 6.45) is 4.98. The molecule has 218 valence electrons. The second kappa shape index (κ2) is 10.9. The molecule has 4 heterocycles. The number of ketones is 1. The van der Waals surface area contributed by atoms with Crippen molar-refractivity contribution in [2.45, 2.75) is 38.7 Å². The van der Waals surface area contributed by atoms with Crippen molar-refractivity contribution in [2.24, 2.45) is 14.1 Å². The Morgan fingerprint density at radius 3 is 2.33 bits per heavy atom. The smallest absolute Gasteiger partial charge is 0.254 e. The van der Waals surface area contributed by atoms with Crippen LogP contribution in [0.15, 0.2) is 42.7 Å². The van der Waals surface area contributed by atoms with Crippen LogP contribution in [0.25, 0.3) is 22.5 Å². The number of carbonyl (C=O) groups excluding carboxylic acids is 2. The fourth-order valence-electron chi connectivity index (χ4n) is 5.70. The van der Waals surface area contributed by atoms with E-state index in [0.29, 0.717) is 78.9 Å². The number of hydrogen-bond donors (Lipinski definition) is 0. The average Bonchev–Trinajstić information content (AvgIpc) is 3.61. The van der Waals surface area contributed by atoms with E-state index in [1.54, 1.807) is 42.2 Å². The van der Waals surface area contributed by atoms with Crippen LogP contribution in [0.4, 0.5) is 0 Å². The van der Waals surface area contributed by atoms with Gasteiger partial charge in [-0.1, -0.05) is 0 Å². The summed E-state index contributed by atoms with van der Waals surface area (Å²) in [4.78, 5) is 30.2. The number of aromatic nitrogens is 6. The zero-order chi connectivity index (χ0) is 29.4. The minimum atomic E-state index is -0.648. The van der Waals surface area contributed by atoms with Gasteiger partial charge in [-0.05, 0) is 49.4 Å². The number of tetrazole rings is 1. The molecule has 12 heteroatoms. The van der Waals surface area contributed by atoms with E-state index in [2.05, 4.69) is 20.5 Å². The molecule has 1 fully saturated rings. The molecule has 0 radical (unpaired) electrons. The summed E-state index contributed by atoms with van der Waals surface area (Å²) in [5, 5.41) is 16.4. The van der Waals surface area contributed by atoms with E-state index < -0.39 is 5.60 Å². The first-order chi connectivity index (χ1) is 20.3. The van der Waals surface area contributed by atoms with Crippen LogP contribution in [-0.4, -0.2) is 78.5 Å². The lowest BCUT2D eigenvalue weighted by Gasteiger charge is -2.44. The van der Waals surface area contributed by atoms with Crippen molar-refractivity contribution in [2.75, 3.05) is 26.3 Å². The summed E-state index contributed by atoms with van der Waals surface area (Å²) in [6.45, 7) is 5.60. The molecule has 0 saturated carbocycles. The first-order valence-corrected chi connectivity index (χ1v) is 14.1. The van der Waals surface area contributed by atoms with Gasteiger partial charge in [-0.2, -0.15) is 9.90 Å². The van der Waals surface area contributed by atoms with Gasteiger partial charge >= 0.3 is 0 Å². The van der Waals surface area contributed by atoms with Crippen LogP contribution in [0, 0.1) is 0 Å². The number of rotatable bonds is 7. The van der Waals surface area contributed by atoms with E-state index in [-0.39, 0.29) is 18.1 Å². The molecule has 12 nitrogen and oxygen atoms in total. The van der Waals surface area contributed by atoms with Crippen LogP contribution in [0.3, 0.4) is 0 Å². The Morgan fingerprint density at radius 2 is 1.74 bits per heavy atom. The number of ether oxygens (including phenoxy) is 3. The zero-order valence-corrected chi connectivity index (χ0v) is 24.2. The van der Waals surface area contributed by atoms with Gasteiger partial charge in [0.05, 0.1) is 44.0 Å². The van der Waals surface area contributed by atoms with Crippen molar-refractivity contribution in [3.05, 3.63) is 53.9 Å². The van der Waals surface area contributed by atoms with E-state index in [1.165, 1.54) is 4.80 Å². The molecule has 4 aromatic rings. The average molecular weight is 572 g/mol. The van der Waals surface area contributed by atoms with Crippen LogP contribution in [0.2, 0.25) is 0 Å². The monoisotopic (exact) mass is 571 g/mol. The van der Waals surface area contributed by atoms with Gasteiger partial charge in [0, 0.05) is 55.9 Å². The van der Waals surface area contributed by atoms with Gasteiger partial charge in [0.1, 0.15) is 22.8 Å². The number of nitrogens with zero attached hydrogens (tertiary/aromatic N) is 7. The number of benzene rings is 2. The Bertz CT molecular complexity index is 1620. The highest BCUT2D eigenvalue weighted by atomic mass is 16.5. The number of carbonyl (C=O) groups is 2. The third-order valence-corrected chi connectivity index (χ3v) is 7.72. The first kappa shape index (κ1) is 27.4. The lowest BCUT2D eigenvalue weighted by Crippen LogP contribution is -2.52. The van der Waals surface area contributed by atoms with Crippen LogP contribution in [0.5, 0.6) is 17.2 Å². The summed E-state index contributed by atoms with van der Waals surface area (Å²) in [6, 6.07) is 8.96. The Balaban J connectivity index is 1.21. The Kier molecular flexibility index (Phi) is 7.13. The van der Waals surface area contributed by atoms with Crippen molar-refractivity contribution in [1.29, 1.82) is 0 Å². The predicted octanol–water partition coefficient (Wildman–Crippen LogP) is 3.72. The molecule has 2 aliphatic rings. The highest BCUT2D eigenvalue weighted by molar-refractivity contribution is 6.01. The number of amides is 1. The van der Waals surface area contributed by atoms with Crippen LogP contribution < -0.4 is 14.2 Å². The zero-order valence-electron chi connectivity index (χ0n) is 24.2. The SMILES string of the molecule is CCOc1cc(C(=O)N2CCC3(CC2)CC(=O)c2cc(-c4nnn(C)n4)ccc2O3)cc(OCC)c1-c1cnn(C)c1. The van der Waals surface area contributed by atoms with Crippen molar-refractivity contribution < 1.29 is 23.8 Å². The molecule has 0 bridgehead atoms. The third-order valence-electron chi connectivity index (χ3n) is 7.72. The predicted molar refractivity (Wildman–Crippen MR) is 153 cm³/mol. The first-order valence-electron chi connectivity index (χ1n) is 14.1. The molecule has 6 rings (SSSR count). The van der Waals surface area contributed by atoms with Gasteiger partial charge in [0.25, 0.3) is 5.91 Å². The molecule has 2 aliphatic heterocycles. The second-order valence-electron chi connectivity index (χ2n) is 10.6. The van der Waals surface area contributed by atoms with Gasteiger partial charge < -0.3 is 19.1 Å². The van der Waals surface area contributed by atoms with E-state index in [0.717, 1.165) is 11.1 Å². The molecule has 0 aliphatic carbocycles. The third kappa shape index (κ3) is 5.08. The number of likely N-dealkylation sites (tertiary alicyclic amines) is 1. The molecule has 1 saturated heterocycles. The van der Waals surface area contributed by atoms with Gasteiger partial charge in [-0.25, -0.2) is 0 Å². The number of hydrogen-bond acceptors (Lipinski definition) is 9. The number of fused-ring (bicyclic) bond motifs is 1. The second-order valence-corrected chi connectivity index (χ2v) is 10.6. The molecule has 42 heavy (non-hydrogen) atoms. The summed E-state index contributed by atoms with van der Waals surface area (Å²) in [5.41, 5.74) is 2.69. The Labute approximate surface area is 243 Å². The molecular formula is C30H33N7O5. The maximum atomic E-state index is 13.7. The minimum Gasteiger partial charge on any atom is -0.493 e. The highest BCUT2D eigenvalue weighted by Crippen LogP contribution is 2.42. The van der Waals surface area contributed by atoms with Crippen molar-refractivity contribution in [3.63, 3.8) is 0 Å². The summed E-state index contributed by atoms with van der Waals surface area (Å²) >= 11 is 0. The molecular weight excluding hydrogens is 538 g/mol. The largest absolute Gasteiger partial charge is 0.493 e. The number of Topliss-reactive ketones (excluding diaryl/α,β-unsaturated/α-hetero) is 1. The molecule has 2 aromatic heterocycles. The van der Waals surface area contributed by atoms with Crippen LogP contribution in [-0.2, 0) is 14.1 Å². The fraction of sp³-hybridized carbons (Fsp3) is 0.400. The molecule has 0 unspecified atom stereocenters. The lowest BCUT2D eigenvalue weighted by molar-refractivity contribution is -0.00572. The van der Waals surface area contributed by atoms with Crippen LogP contribution in [0.1, 0.15) is 53.8 Å². The summed E-state index contributed by atoms with van der Waals surface area (Å²) < 4.78 is 20.1. The van der Waals surface area contributed by atoms with Gasteiger partial charge in [-0.3, -0.25) is 14.3 Å². The van der Waals surface area contributed by atoms with Crippen LogP contribution >= 0.6 is 0 Å². The van der Waals surface area contributed by atoms with Crippen molar-refractivity contribution in [1.82, 2.24) is 34.9 Å². The van der Waals surface area contributed by atoms with Crippen molar-refractivity contribution >= 4 is 11.7 Å². The van der Waals surface area contributed by atoms with E-state index in [4.69, 9.17) is 14.2 Å². The fourth-order valence-corrected chi connectivity index (χ4v) is 5.70. The molecule has 0 atom stereocenters. The normalized spacial score (nSPS) is 15.8. The number of aryl methyl sites for hydroxylation is 2. The molecule has 0 N–H and O–H groups in total. The molecule has 1 spiro atoms. The van der Waals surface area contributed by atoms with Gasteiger partial charge in [0.15, 0.2) is 5.78 Å².